The minimum Gasteiger partial charge on any atom is -0.342 e. The minimum atomic E-state index is -0.466. The minimum absolute atomic E-state index is 0.00789. The molecule has 1 fully saturated rings. The number of carbonyl (C=O) groups excluding carboxylic acids is 2. The van der Waals surface area contributed by atoms with Crippen LogP contribution in [0.15, 0.2) is 18.2 Å². The summed E-state index contributed by atoms with van der Waals surface area (Å²) < 4.78 is 0.636. The zero-order valence-corrected chi connectivity index (χ0v) is 14.5. The molecule has 1 aromatic heterocycles. The molecular formula is C16H18N4O4S. The number of nitrogens with one attached hydrogen (secondary N) is 1. The number of unbranched alkanes of at least 4 members (excludes halogenated alkanes) is 1. The number of thiazole rings is 1. The Balaban J connectivity index is 1.68. The van der Waals surface area contributed by atoms with Crippen molar-refractivity contribution in [2.45, 2.75) is 26.2 Å². The lowest BCUT2D eigenvalue weighted by atomic mass is 10.1. The van der Waals surface area contributed by atoms with Crippen molar-refractivity contribution in [3.63, 3.8) is 0 Å². The van der Waals surface area contributed by atoms with Gasteiger partial charge in [-0.3, -0.25) is 19.7 Å². The van der Waals surface area contributed by atoms with Crippen molar-refractivity contribution < 1.29 is 14.5 Å². The van der Waals surface area contributed by atoms with Crippen LogP contribution in [0.1, 0.15) is 26.2 Å². The zero-order valence-electron chi connectivity index (χ0n) is 13.7. The molecule has 0 unspecified atom stereocenters. The molecule has 1 saturated heterocycles. The summed E-state index contributed by atoms with van der Waals surface area (Å²) in [5.41, 5.74) is 0.583. The van der Waals surface area contributed by atoms with E-state index in [1.54, 1.807) is 11.0 Å². The molecule has 1 aromatic carbocycles. The van der Waals surface area contributed by atoms with Gasteiger partial charge in [0.1, 0.15) is 0 Å². The maximum Gasteiger partial charge on any atom is 0.270 e. The van der Waals surface area contributed by atoms with Crippen molar-refractivity contribution >= 4 is 44.2 Å². The van der Waals surface area contributed by atoms with E-state index in [4.69, 9.17) is 0 Å². The summed E-state index contributed by atoms with van der Waals surface area (Å²) in [6.07, 6.45) is 2.14. The van der Waals surface area contributed by atoms with Crippen LogP contribution in [-0.2, 0) is 9.59 Å². The highest BCUT2D eigenvalue weighted by Crippen LogP contribution is 2.30. The van der Waals surface area contributed by atoms with Gasteiger partial charge in [-0.15, -0.1) is 0 Å². The molecule has 1 atom stereocenters. The second-order valence-corrected chi connectivity index (χ2v) is 7.04. The average molecular weight is 362 g/mol. The van der Waals surface area contributed by atoms with E-state index in [2.05, 4.69) is 17.2 Å². The first-order valence-corrected chi connectivity index (χ1v) is 8.93. The summed E-state index contributed by atoms with van der Waals surface area (Å²) >= 11 is 1.19. The molecule has 2 amide bonds. The molecule has 2 aromatic rings. The van der Waals surface area contributed by atoms with Crippen LogP contribution in [0.2, 0.25) is 0 Å². The van der Waals surface area contributed by atoms with Crippen molar-refractivity contribution in [3.8, 4) is 0 Å². The third kappa shape index (κ3) is 3.76. The molecule has 2 heterocycles. The van der Waals surface area contributed by atoms with Gasteiger partial charge in [-0.05, 0) is 12.5 Å². The number of rotatable bonds is 6. The van der Waals surface area contributed by atoms with Crippen LogP contribution in [0.4, 0.5) is 10.8 Å². The molecule has 8 nitrogen and oxygen atoms in total. The fraction of sp³-hybridized carbons (Fsp3) is 0.438. The number of nitrogens with zero attached hydrogens (tertiary/aromatic N) is 3. The highest BCUT2D eigenvalue weighted by molar-refractivity contribution is 7.22. The van der Waals surface area contributed by atoms with Crippen molar-refractivity contribution in [1.82, 2.24) is 9.88 Å². The summed E-state index contributed by atoms with van der Waals surface area (Å²) in [5.74, 6) is -0.611. The maximum absolute atomic E-state index is 12.4. The van der Waals surface area contributed by atoms with Gasteiger partial charge < -0.3 is 10.2 Å². The number of amides is 2. The van der Waals surface area contributed by atoms with Crippen molar-refractivity contribution in [2.24, 2.45) is 5.92 Å². The van der Waals surface area contributed by atoms with Gasteiger partial charge in [0.05, 0.1) is 21.1 Å². The predicted octanol–water partition coefficient (Wildman–Crippen LogP) is 2.79. The molecule has 0 aliphatic carbocycles. The number of benzene rings is 1. The fourth-order valence-corrected chi connectivity index (χ4v) is 3.70. The van der Waals surface area contributed by atoms with Crippen LogP contribution >= 0.6 is 11.3 Å². The van der Waals surface area contributed by atoms with E-state index in [1.807, 2.05) is 0 Å². The highest BCUT2D eigenvalue weighted by Gasteiger charge is 2.34. The monoisotopic (exact) mass is 362 g/mol. The summed E-state index contributed by atoms with van der Waals surface area (Å²) in [5, 5.41) is 14.0. The molecule has 1 N–H and O–H groups in total. The Morgan fingerprint density at radius 1 is 1.52 bits per heavy atom. The first-order valence-electron chi connectivity index (χ1n) is 8.11. The Labute approximate surface area is 148 Å². The average Bonchev–Trinajstić information content (AvgIpc) is 3.14. The van der Waals surface area contributed by atoms with Crippen molar-refractivity contribution in [3.05, 3.63) is 28.3 Å². The highest BCUT2D eigenvalue weighted by atomic mass is 32.1. The number of nitro groups is 1. The molecular weight excluding hydrogens is 344 g/mol. The third-order valence-electron chi connectivity index (χ3n) is 4.18. The van der Waals surface area contributed by atoms with Gasteiger partial charge in [-0.25, -0.2) is 4.98 Å². The van der Waals surface area contributed by atoms with Crippen LogP contribution in [0.25, 0.3) is 10.2 Å². The molecule has 9 heteroatoms. The first kappa shape index (κ1) is 17.3. The number of likely N-dealkylation sites (tertiary alicyclic amines) is 1. The van der Waals surface area contributed by atoms with Crippen LogP contribution in [0.3, 0.4) is 0 Å². The van der Waals surface area contributed by atoms with E-state index in [-0.39, 0.29) is 29.8 Å². The normalized spacial score (nSPS) is 17.2. The Morgan fingerprint density at radius 2 is 2.32 bits per heavy atom. The molecule has 0 bridgehead atoms. The topological polar surface area (TPSA) is 105 Å². The van der Waals surface area contributed by atoms with E-state index in [9.17, 15) is 19.7 Å². The van der Waals surface area contributed by atoms with Crippen LogP contribution in [0.5, 0.6) is 0 Å². The molecule has 1 aliphatic heterocycles. The van der Waals surface area contributed by atoms with Gasteiger partial charge in [0.25, 0.3) is 5.69 Å². The van der Waals surface area contributed by atoms with Crippen LogP contribution < -0.4 is 5.32 Å². The standard InChI is InChI=1S/C16H18N4O4S/c1-2-3-6-19-9-10(7-14(19)21)15(22)18-16-17-12-5-4-11(20(23)24)8-13(12)25-16/h4-5,8,10H,2-3,6-7,9H2,1H3,(H,17,18,22)/t10-/m0/s1. The van der Waals surface area contributed by atoms with Crippen molar-refractivity contribution in [2.75, 3.05) is 18.4 Å². The SMILES string of the molecule is CCCCN1C[C@@H](C(=O)Nc2nc3ccc([N+](=O)[O-])cc3s2)CC1=O. The number of aromatic nitrogens is 1. The quantitative estimate of drug-likeness (QED) is 0.628. The summed E-state index contributed by atoms with van der Waals surface area (Å²) in [6.45, 7) is 3.17. The van der Waals surface area contributed by atoms with E-state index in [0.717, 1.165) is 12.8 Å². The lowest BCUT2D eigenvalue weighted by Crippen LogP contribution is -2.29. The Bertz CT molecular complexity index is 835. The number of non-ortho nitro benzene ring substituents is 1. The summed E-state index contributed by atoms with van der Waals surface area (Å²) in [4.78, 5) is 40.7. The first-order chi connectivity index (χ1) is 12.0. The Kier molecular flexibility index (Phi) is 4.93. The summed E-state index contributed by atoms with van der Waals surface area (Å²) in [6, 6.07) is 4.38. The van der Waals surface area contributed by atoms with E-state index >= 15 is 0 Å². The second kappa shape index (κ2) is 7.14. The van der Waals surface area contributed by atoms with E-state index in [1.165, 1.54) is 23.5 Å². The number of hydrogen-bond donors (Lipinski definition) is 1. The summed E-state index contributed by atoms with van der Waals surface area (Å²) in [7, 11) is 0. The molecule has 0 saturated carbocycles. The predicted molar refractivity (Wildman–Crippen MR) is 94.5 cm³/mol. The van der Waals surface area contributed by atoms with Gasteiger partial charge >= 0.3 is 0 Å². The zero-order chi connectivity index (χ0) is 18.0. The molecule has 0 spiro atoms. The molecule has 0 radical (unpaired) electrons. The molecule has 3 rings (SSSR count). The number of carbonyl (C=O) groups is 2. The largest absolute Gasteiger partial charge is 0.342 e. The fourth-order valence-electron chi connectivity index (χ4n) is 2.80. The van der Waals surface area contributed by atoms with Gasteiger partial charge in [-0.2, -0.15) is 0 Å². The van der Waals surface area contributed by atoms with Gasteiger partial charge in [-0.1, -0.05) is 24.7 Å². The van der Waals surface area contributed by atoms with Crippen LogP contribution in [-0.4, -0.2) is 39.7 Å². The molecule has 25 heavy (non-hydrogen) atoms. The lowest BCUT2D eigenvalue weighted by Gasteiger charge is -2.15. The smallest absolute Gasteiger partial charge is 0.270 e. The van der Waals surface area contributed by atoms with Gasteiger partial charge in [0.15, 0.2) is 5.13 Å². The molecule has 132 valence electrons. The Hall–Kier alpha value is -2.55. The van der Waals surface area contributed by atoms with Gasteiger partial charge in [0.2, 0.25) is 11.8 Å². The second-order valence-electron chi connectivity index (χ2n) is 6.01. The van der Waals surface area contributed by atoms with Crippen molar-refractivity contribution in [1.29, 1.82) is 0 Å². The molecule has 1 aliphatic rings. The van der Waals surface area contributed by atoms with E-state index < -0.39 is 4.92 Å². The third-order valence-corrected chi connectivity index (χ3v) is 5.11. The number of nitro benzene ring substituents is 1. The lowest BCUT2D eigenvalue weighted by molar-refractivity contribution is -0.384. The van der Waals surface area contributed by atoms with Crippen LogP contribution in [0, 0.1) is 16.0 Å². The number of anilines is 1. The number of fused-ring (bicyclic) bond motifs is 1. The van der Waals surface area contributed by atoms with E-state index in [0.29, 0.717) is 28.4 Å². The van der Waals surface area contributed by atoms with Gasteiger partial charge in [0, 0.05) is 31.6 Å². The maximum atomic E-state index is 12.4. The number of hydrogen-bond acceptors (Lipinski definition) is 6. The Morgan fingerprint density at radius 3 is 3.04 bits per heavy atom.